The summed E-state index contributed by atoms with van der Waals surface area (Å²) in [5.41, 5.74) is 2.44. The third-order valence-electron chi connectivity index (χ3n) is 6.94. The maximum atomic E-state index is 10.0. The molecule has 0 amide bonds. The highest BCUT2D eigenvalue weighted by molar-refractivity contribution is 7.00. The van der Waals surface area contributed by atoms with Crippen molar-refractivity contribution in [2.45, 2.75) is 57.4 Å². The van der Waals surface area contributed by atoms with Gasteiger partial charge in [0.2, 0.25) is 0 Å². The Morgan fingerprint density at radius 2 is 1.48 bits per heavy atom. The lowest BCUT2D eigenvalue weighted by Gasteiger charge is -2.43. The molecule has 0 saturated carbocycles. The average molecular weight is 431 g/mol. The van der Waals surface area contributed by atoms with E-state index in [9.17, 15) is 5.11 Å². The highest BCUT2D eigenvalue weighted by atomic mass is 28.4. The number of aryl methyl sites for hydroxylation is 1. The summed E-state index contributed by atoms with van der Waals surface area (Å²) in [6.07, 6.45) is 3.18. The Morgan fingerprint density at radius 1 is 0.903 bits per heavy atom. The molecule has 2 nitrogen and oxygen atoms in total. The van der Waals surface area contributed by atoms with Gasteiger partial charge in [0.05, 0.1) is 6.61 Å². The first-order valence-electron chi connectivity index (χ1n) is 11.3. The van der Waals surface area contributed by atoms with Crippen LogP contribution in [-0.2, 0) is 11.8 Å². The first-order valence-corrected chi connectivity index (χ1v) is 13.3. The van der Waals surface area contributed by atoms with Crippen LogP contribution in [0, 0.1) is 0 Å². The predicted octanol–water partition coefficient (Wildman–Crippen LogP) is 5.21. The second kappa shape index (κ2) is 8.29. The number of aliphatic hydroxyl groups is 1. The zero-order valence-corrected chi connectivity index (χ0v) is 20.2. The fourth-order valence-corrected chi connectivity index (χ4v) is 9.63. The number of fused-ring (bicyclic) bond motifs is 1. The minimum absolute atomic E-state index is 0.0643. The molecule has 1 atom stereocenters. The van der Waals surface area contributed by atoms with Crippen LogP contribution in [0.4, 0.5) is 0 Å². The van der Waals surface area contributed by atoms with Crippen molar-refractivity contribution in [2.24, 2.45) is 0 Å². The fourth-order valence-electron chi connectivity index (χ4n) is 5.22. The highest BCUT2D eigenvalue weighted by Gasteiger charge is 2.52. The summed E-state index contributed by atoms with van der Waals surface area (Å²) in [5.74, 6) is 0.940. The molecule has 4 rings (SSSR count). The van der Waals surface area contributed by atoms with Gasteiger partial charge in [-0.3, -0.25) is 0 Å². The van der Waals surface area contributed by atoms with Crippen LogP contribution in [0.5, 0.6) is 5.75 Å². The van der Waals surface area contributed by atoms with Gasteiger partial charge in [-0.1, -0.05) is 94.4 Å². The Labute approximate surface area is 188 Å². The van der Waals surface area contributed by atoms with E-state index >= 15 is 0 Å². The van der Waals surface area contributed by atoms with E-state index in [4.69, 9.17) is 4.43 Å². The Bertz CT molecular complexity index is 984. The van der Waals surface area contributed by atoms with Gasteiger partial charge in [-0.15, -0.1) is 0 Å². The third kappa shape index (κ3) is 3.86. The summed E-state index contributed by atoms with van der Waals surface area (Å²) in [4.78, 5) is 0. The molecular weight excluding hydrogens is 396 g/mol. The van der Waals surface area contributed by atoms with E-state index in [1.54, 1.807) is 0 Å². The van der Waals surface area contributed by atoms with Crippen LogP contribution >= 0.6 is 0 Å². The smallest absolute Gasteiger partial charge is 0.319 e. The van der Waals surface area contributed by atoms with E-state index in [0.717, 1.165) is 25.0 Å². The average Bonchev–Trinajstić information content (AvgIpc) is 2.78. The van der Waals surface area contributed by atoms with Crippen LogP contribution in [-0.4, -0.2) is 20.0 Å². The standard InChI is InChI=1S/C28H34O2Si/c1-27(2,3)31(24-13-7-5-8-14-24,25-15-9-6-10-16-25)30-23-17-18-26-22(20-23)12-11-19-28(26,4)21-29/h5-10,13-18,20,29H,11-12,19,21H2,1-4H3. The Morgan fingerprint density at radius 3 is 2.00 bits per heavy atom. The van der Waals surface area contributed by atoms with Crippen molar-refractivity contribution in [1.82, 2.24) is 0 Å². The molecule has 1 aliphatic carbocycles. The van der Waals surface area contributed by atoms with Crippen molar-refractivity contribution >= 4 is 18.7 Å². The zero-order valence-electron chi connectivity index (χ0n) is 19.2. The van der Waals surface area contributed by atoms with Crippen molar-refractivity contribution in [2.75, 3.05) is 6.61 Å². The van der Waals surface area contributed by atoms with Gasteiger partial charge in [0.25, 0.3) is 0 Å². The lowest BCUT2D eigenvalue weighted by atomic mass is 9.72. The Hall–Kier alpha value is -2.36. The van der Waals surface area contributed by atoms with Crippen molar-refractivity contribution in [3.05, 3.63) is 90.0 Å². The van der Waals surface area contributed by atoms with Crippen LogP contribution in [0.3, 0.4) is 0 Å². The number of rotatable bonds is 5. The number of aliphatic hydroxyl groups excluding tert-OH is 1. The van der Waals surface area contributed by atoms with E-state index in [1.807, 2.05) is 0 Å². The Balaban J connectivity index is 1.87. The Kier molecular flexibility index (Phi) is 5.84. The fraction of sp³-hybridized carbons (Fsp3) is 0.357. The molecule has 0 heterocycles. The van der Waals surface area contributed by atoms with E-state index < -0.39 is 8.32 Å². The molecule has 1 N–H and O–H groups in total. The van der Waals surface area contributed by atoms with Gasteiger partial charge in [-0.05, 0) is 57.9 Å². The number of hydrogen-bond donors (Lipinski definition) is 1. The van der Waals surface area contributed by atoms with E-state index in [-0.39, 0.29) is 17.1 Å². The minimum atomic E-state index is -2.63. The van der Waals surface area contributed by atoms with Gasteiger partial charge >= 0.3 is 8.32 Å². The lowest BCUT2D eigenvalue weighted by Crippen LogP contribution is -2.68. The molecule has 3 heteroatoms. The second-order valence-electron chi connectivity index (χ2n) is 10.2. The van der Waals surface area contributed by atoms with Gasteiger partial charge in [-0.25, -0.2) is 0 Å². The van der Waals surface area contributed by atoms with Crippen LogP contribution in [0.1, 0.15) is 51.7 Å². The lowest BCUT2D eigenvalue weighted by molar-refractivity contribution is 0.188. The molecule has 0 aliphatic heterocycles. The zero-order chi connectivity index (χ0) is 22.1. The van der Waals surface area contributed by atoms with Gasteiger partial charge < -0.3 is 9.53 Å². The summed E-state index contributed by atoms with van der Waals surface area (Å²) < 4.78 is 7.18. The molecule has 1 unspecified atom stereocenters. The minimum Gasteiger partial charge on any atom is -0.534 e. The van der Waals surface area contributed by atoms with E-state index in [2.05, 4.69) is 107 Å². The third-order valence-corrected chi connectivity index (χ3v) is 11.9. The second-order valence-corrected chi connectivity index (χ2v) is 14.4. The topological polar surface area (TPSA) is 29.5 Å². The summed E-state index contributed by atoms with van der Waals surface area (Å²) in [6, 6.07) is 28.1. The quantitative estimate of drug-likeness (QED) is 0.563. The van der Waals surface area contributed by atoms with Crippen LogP contribution in [0.25, 0.3) is 0 Å². The van der Waals surface area contributed by atoms with Crippen molar-refractivity contribution in [3.8, 4) is 5.75 Å². The van der Waals surface area contributed by atoms with Crippen LogP contribution < -0.4 is 14.8 Å². The maximum Gasteiger partial charge on any atom is 0.319 e. The molecule has 0 spiro atoms. The number of benzene rings is 3. The predicted molar refractivity (Wildman–Crippen MR) is 132 cm³/mol. The molecule has 0 fully saturated rings. The van der Waals surface area contributed by atoms with Crippen molar-refractivity contribution in [1.29, 1.82) is 0 Å². The monoisotopic (exact) mass is 430 g/mol. The SMILES string of the molecule is CC1(CO)CCCc2cc(O[Si](c3ccccc3)(c3ccccc3)C(C)(C)C)ccc21. The first-order chi connectivity index (χ1) is 14.8. The van der Waals surface area contributed by atoms with Gasteiger partial charge in [-0.2, -0.15) is 0 Å². The van der Waals surface area contributed by atoms with Crippen LogP contribution in [0.15, 0.2) is 78.9 Å². The van der Waals surface area contributed by atoms with Crippen LogP contribution in [0.2, 0.25) is 5.04 Å². The van der Waals surface area contributed by atoms with Gasteiger partial charge in [0, 0.05) is 5.41 Å². The van der Waals surface area contributed by atoms with Crippen molar-refractivity contribution in [3.63, 3.8) is 0 Å². The molecule has 0 saturated heterocycles. The molecule has 162 valence electrons. The molecule has 0 radical (unpaired) electrons. The number of hydrogen-bond acceptors (Lipinski definition) is 2. The summed E-state index contributed by atoms with van der Waals surface area (Å²) in [5, 5.41) is 12.5. The molecule has 1 aliphatic rings. The van der Waals surface area contributed by atoms with Crippen molar-refractivity contribution < 1.29 is 9.53 Å². The molecule has 3 aromatic carbocycles. The molecule has 31 heavy (non-hydrogen) atoms. The molecule has 0 bridgehead atoms. The highest BCUT2D eigenvalue weighted by Crippen LogP contribution is 2.41. The normalized spacial score (nSPS) is 19.0. The van der Waals surface area contributed by atoms with Gasteiger partial charge in [0.1, 0.15) is 5.75 Å². The first kappa shape index (κ1) is 21.9. The molecular formula is C28H34O2Si. The summed E-state index contributed by atoms with van der Waals surface area (Å²) in [6.45, 7) is 9.28. The maximum absolute atomic E-state index is 10.0. The summed E-state index contributed by atoms with van der Waals surface area (Å²) >= 11 is 0. The van der Waals surface area contributed by atoms with Gasteiger partial charge in [0.15, 0.2) is 0 Å². The molecule has 3 aromatic rings. The van der Waals surface area contributed by atoms with E-state index in [0.29, 0.717) is 0 Å². The summed E-state index contributed by atoms with van der Waals surface area (Å²) in [7, 11) is -2.63. The molecule has 0 aromatic heterocycles. The largest absolute Gasteiger partial charge is 0.534 e. The van der Waals surface area contributed by atoms with E-state index in [1.165, 1.54) is 21.5 Å².